The molecule has 9 aromatic carbocycles. The molecule has 0 saturated heterocycles. The van der Waals surface area contributed by atoms with Crippen LogP contribution in [-0.2, 0) is 5.41 Å². The van der Waals surface area contributed by atoms with E-state index in [9.17, 15) is 0 Å². The summed E-state index contributed by atoms with van der Waals surface area (Å²) in [6.07, 6.45) is 0. The van der Waals surface area contributed by atoms with Crippen molar-refractivity contribution in [2.75, 3.05) is 0 Å². The van der Waals surface area contributed by atoms with Gasteiger partial charge >= 0.3 is 0 Å². The smallest absolute Gasteiger partial charge is 0.164 e. The maximum atomic E-state index is 6.59. The van der Waals surface area contributed by atoms with Crippen molar-refractivity contribution < 1.29 is 4.42 Å². The first kappa shape index (κ1) is 37.5. The molecule has 4 heteroatoms. The summed E-state index contributed by atoms with van der Waals surface area (Å²) in [5, 5.41) is 2.20. The average molecular weight is 820 g/mol. The molecule has 0 aliphatic heterocycles. The zero-order valence-corrected chi connectivity index (χ0v) is 35.5. The van der Waals surface area contributed by atoms with E-state index in [2.05, 4.69) is 214 Å². The van der Waals surface area contributed by atoms with Crippen LogP contribution in [0.5, 0.6) is 0 Å². The highest BCUT2D eigenvalue weighted by atomic mass is 16.3. The van der Waals surface area contributed by atoms with Gasteiger partial charge in [0, 0.05) is 32.9 Å². The zero-order chi connectivity index (χ0) is 42.8. The molecule has 4 nitrogen and oxygen atoms in total. The zero-order valence-electron chi connectivity index (χ0n) is 35.5. The average Bonchev–Trinajstić information content (AvgIpc) is 3.86. The van der Waals surface area contributed by atoms with E-state index in [1.54, 1.807) is 0 Å². The lowest BCUT2D eigenvalue weighted by Gasteiger charge is -2.24. The normalized spacial score (nSPS) is 12.7. The lowest BCUT2D eigenvalue weighted by molar-refractivity contribution is 0.661. The minimum atomic E-state index is -0.240. The third kappa shape index (κ3) is 6.34. The second-order valence-corrected chi connectivity index (χ2v) is 17.2. The van der Waals surface area contributed by atoms with Crippen molar-refractivity contribution in [2.24, 2.45) is 0 Å². The SMILES string of the molecule is CC1(C)c2ccccc2-c2cccc(-c3nc(-c4ccc(-c5ccccc5)cc4)nc(-c4cccc(-c5ccc6c(c5)oc5cccc(-c7ccc(-c8ccccc8)cc7)c56)c4)n3)c21. The lowest BCUT2D eigenvalue weighted by atomic mass is 9.80. The maximum absolute atomic E-state index is 6.59. The summed E-state index contributed by atoms with van der Waals surface area (Å²) in [6, 6.07) is 74.9. The molecule has 0 N–H and O–H groups in total. The van der Waals surface area contributed by atoms with E-state index in [4.69, 9.17) is 19.4 Å². The van der Waals surface area contributed by atoms with Crippen LogP contribution in [-0.4, -0.2) is 15.0 Å². The van der Waals surface area contributed by atoms with Crippen molar-refractivity contribution in [1.82, 2.24) is 15.0 Å². The Morgan fingerprint density at radius 2 is 0.812 bits per heavy atom. The largest absolute Gasteiger partial charge is 0.456 e. The van der Waals surface area contributed by atoms with Crippen LogP contribution < -0.4 is 0 Å². The van der Waals surface area contributed by atoms with Gasteiger partial charge in [-0.3, -0.25) is 0 Å². The van der Waals surface area contributed by atoms with Crippen molar-refractivity contribution >= 4 is 21.9 Å². The Labute approximate surface area is 372 Å². The molecular formula is C60H41N3O. The molecule has 64 heavy (non-hydrogen) atoms. The Bertz CT molecular complexity index is 3550. The van der Waals surface area contributed by atoms with Gasteiger partial charge in [-0.15, -0.1) is 0 Å². The van der Waals surface area contributed by atoms with E-state index < -0.39 is 0 Å². The van der Waals surface area contributed by atoms with Crippen molar-refractivity contribution in [2.45, 2.75) is 19.3 Å². The fourth-order valence-electron chi connectivity index (χ4n) is 9.79. The maximum Gasteiger partial charge on any atom is 0.164 e. The second-order valence-electron chi connectivity index (χ2n) is 17.2. The predicted octanol–water partition coefficient (Wildman–Crippen LogP) is 15.7. The molecule has 0 unspecified atom stereocenters. The van der Waals surface area contributed by atoms with E-state index in [0.717, 1.165) is 66.4 Å². The summed E-state index contributed by atoms with van der Waals surface area (Å²) < 4.78 is 6.59. The van der Waals surface area contributed by atoms with Gasteiger partial charge < -0.3 is 4.42 Å². The molecule has 0 spiro atoms. The molecule has 1 aliphatic rings. The molecule has 11 aromatic rings. The number of furan rings is 1. The Balaban J connectivity index is 0.950. The second kappa shape index (κ2) is 15.0. The summed E-state index contributed by atoms with van der Waals surface area (Å²) >= 11 is 0. The number of benzene rings is 9. The van der Waals surface area contributed by atoms with Gasteiger partial charge in [-0.1, -0.05) is 202 Å². The van der Waals surface area contributed by atoms with Gasteiger partial charge in [0.05, 0.1) is 0 Å². The molecule has 0 atom stereocenters. The van der Waals surface area contributed by atoms with E-state index in [0.29, 0.717) is 17.5 Å². The van der Waals surface area contributed by atoms with Crippen molar-refractivity contribution in [3.8, 4) is 89.8 Å². The first-order valence-electron chi connectivity index (χ1n) is 21.8. The van der Waals surface area contributed by atoms with Crippen LogP contribution in [0.2, 0.25) is 0 Å². The third-order valence-corrected chi connectivity index (χ3v) is 13.0. The third-order valence-electron chi connectivity index (χ3n) is 13.0. The quantitative estimate of drug-likeness (QED) is 0.161. The Kier molecular flexibility index (Phi) is 8.80. The van der Waals surface area contributed by atoms with Crippen LogP contribution in [0, 0.1) is 0 Å². The van der Waals surface area contributed by atoms with Crippen LogP contribution in [0.3, 0.4) is 0 Å². The number of nitrogens with zero attached hydrogens (tertiary/aromatic N) is 3. The molecule has 0 amide bonds. The van der Waals surface area contributed by atoms with Gasteiger partial charge in [-0.2, -0.15) is 0 Å². The topological polar surface area (TPSA) is 51.8 Å². The van der Waals surface area contributed by atoms with E-state index in [-0.39, 0.29) is 5.41 Å². The highest BCUT2D eigenvalue weighted by Gasteiger charge is 2.38. The molecule has 0 bridgehead atoms. The first-order chi connectivity index (χ1) is 31.5. The fourth-order valence-corrected chi connectivity index (χ4v) is 9.79. The Morgan fingerprint density at radius 3 is 1.55 bits per heavy atom. The molecule has 2 heterocycles. The molecule has 302 valence electrons. The monoisotopic (exact) mass is 819 g/mol. The Hall–Kier alpha value is -8.21. The highest BCUT2D eigenvalue weighted by Crippen LogP contribution is 2.52. The number of rotatable bonds is 7. The van der Waals surface area contributed by atoms with Crippen LogP contribution in [0.4, 0.5) is 0 Å². The van der Waals surface area contributed by atoms with Crippen molar-refractivity contribution in [3.63, 3.8) is 0 Å². The number of aromatic nitrogens is 3. The molecular weight excluding hydrogens is 779 g/mol. The predicted molar refractivity (Wildman–Crippen MR) is 263 cm³/mol. The lowest BCUT2D eigenvalue weighted by Crippen LogP contribution is -2.17. The minimum Gasteiger partial charge on any atom is -0.456 e. The highest BCUT2D eigenvalue weighted by molar-refractivity contribution is 6.13. The van der Waals surface area contributed by atoms with Gasteiger partial charge in [0.15, 0.2) is 17.5 Å². The summed E-state index contributed by atoms with van der Waals surface area (Å²) in [5.74, 6) is 1.90. The summed E-state index contributed by atoms with van der Waals surface area (Å²) in [4.78, 5) is 15.8. The molecule has 12 rings (SSSR count). The van der Waals surface area contributed by atoms with Gasteiger partial charge in [-0.05, 0) is 91.0 Å². The van der Waals surface area contributed by atoms with Gasteiger partial charge in [0.25, 0.3) is 0 Å². The van der Waals surface area contributed by atoms with Crippen molar-refractivity contribution in [3.05, 3.63) is 223 Å². The van der Waals surface area contributed by atoms with Gasteiger partial charge in [0.2, 0.25) is 0 Å². The minimum absolute atomic E-state index is 0.240. The number of hydrogen-bond acceptors (Lipinski definition) is 4. The van der Waals surface area contributed by atoms with Crippen LogP contribution in [0.25, 0.3) is 112 Å². The number of hydrogen-bond donors (Lipinski definition) is 0. The fraction of sp³-hybridized carbons (Fsp3) is 0.0500. The summed E-state index contributed by atoms with van der Waals surface area (Å²) in [6.45, 7) is 4.61. The molecule has 2 aromatic heterocycles. The molecule has 0 saturated carbocycles. The van der Waals surface area contributed by atoms with Crippen LogP contribution in [0.1, 0.15) is 25.0 Å². The van der Waals surface area contributed by atoms with E-state index >= 15 is 0 Å². The van der Waals surface area contributed by atoms with Gasteiger partial charge in [-0.25, -0.2) is 15.0 Å². The van der Waals surface area contributed by atoms with Gasteiger partial charge in [0.1, 0.15) is 11.2 Å². The standard InChI is InChI=1S/C60H41N3O/c1-60(2)52-24-10-9-20-48(52)49-22-12-23-51(56(49)60)59-62-57(43-32-28-41(29-33-43)39-16-7-4-8-17-39)61-58(63-59)46-19-11-18-44(36-46)45-34-35-50-54(37-45)64-53-25-13-21-47(55(50)53)42-30-26-40(27-31-42)38-14-5-3-6-15-38/h3-37H,1-2H3. The first-order valence-corrected chi connectivity index (χ1v) is 21.8. The Morgan fingerprint density at radius 1 is 0.328 bits per heavy atom. The summed E-state index contributed by atoms with van der Waals surface area (Å²) in [5.41, 5.74) is 18.5. The van der Waals surface area contributed by atoms with Crippen LogP contribution >= 0.6 is 0 Å². The molecule has 0 radical (unpaired) electrons. The van der Waals surface area contributed by atoms with Crippen molar-refractivity contribution in [1.29, 1.82) is 0 Å². The van der Waals surface area contributed by atoms with Crippen LogP contribution in [0.15, 0.2) is 217 Å². The van der Waals surface area contributed by atoms with E-state index in [1.165, 1.54) is 38.9 Å². The number of fused-ring (bicyclic) bond motifs is 6. The molecule has 1 aliphatic carbocycles. The van der Waals surface area contributed by atoms with E-state index in [1.807, 2.05) is 12.1 Å². The summed E-state index contributed by atoms with van der Waals surface area (Å²) in [7, 11) is 0. The molecule has 0 fully saturated rings.